The number of hydrogen-bond acceptors (Lipinski definition) is 4. The molecular formula is C15H15N3S. The molecule has 1 fully saturated rings. The molecule has 4 heteroatoms. The highest BCUT2D eigenvalue weighted by Crippen LogP contribution is 2.28. The summed E-state index contributed by atoms with van der Waals surface area (Å²) in [7, 11) is 0. The summed E-state index contributed by atoms with van der Waals surface area (Å²) in [5.74, 6) is 2.36. The van der Waals surface area contributed by atoms with Gasteiger partial charge in [0, 0.05) is 23.4 Å². The van der Waals surface area contributed by atoms with Gasteiger partial charge >= 0.3 is 0 Å². The van der Waals surface area contributed by atoms with Gasteiger partial charge < -0.3 is 5.32 Å². The van der Waals surface area contributed by atoms with Crippen molar-refractivity contribution in [3.05, 3.63) is 36.0 Å². The first-order valence-electron chi connectivity index (χ1n) is 6.50. The summed E-state index contributed by atoms with van der Waals surface area (Å²) in [5, 5.41) is 13.9. The third-order valence-electron chi connectivity index (χ3n) is 3.40. The number of rotatable bonds is 2. The second-order valence-corrected chi connectivity index (χ2v) is 5.88. The van der Waals surface area contributed by atoms with Crippen LogP contribution in [0.2, 0.25) is 0 Å². The molecule has 1 aliphatic rings. The van der Waals surface area contributed by atoms with Gasteiger partial charge in [-0.3, -0.25) is 4.98 Å². The Hall–Kier alpha value is -1.73. The second kappa shape index (κ2) is 5.50. The first-order chi connectivity index (χ1) is 9.38. The highest BCUT2D eigenvalue weighted by atomic mass is 32.2. The number of aromatic nitrogens is 1. The predicted molar refractivity (Wildman–Crippen MR) is 80.4 cm³/mol. The molecule has 1 aromatic carbocycles. The Labute approximate surface area is 117 Å². The Morgan fingerprint density at radius 1 is 1.37 bits per heavy atom. The Morgan fingerprint density at radius 3 is 3.05 bits per heavy atom. The number of fused-ring (bicyclic) bond motifs is 1. The van der Waals surface area contributed by atoms with Gasteiger partial charge in [0.15, 0.2) is 0 Å². The molecule has 1 aliphatic heterocycles. The van der Waals surface area contributed by atoms with Gasteiger partial charge in [-0.1, -0.05) is 18.2 Å². The second-order valence-electron chi connectivity index (χ2n) is 4.73. The SMILES string of the molecule is N#Cc1cnc2ccccc2c1NC1CCCSC1. The zero-order valence-electron chi connectivity index (χ0n) is 10.6. The summed E-state index contributed by atoms with van der Waals surface area (Å²) in [5.41, 5.74) is 2.52. The van der Waals surface area contributed by atoms with E-state index in [0.29, 0.717) is 11.6 Å². The number of nitrogens with zero attached hydrogens (tertiary/aromatic N) is 2. The molecule has 3 nitrogen and oxygen atoms in total. The van der Waals surface area contributed by atoms with Gasteiger partial charge in [-0.2, -0.15) is 17.0 Å². The van der Waals surface area contributed by atoms with Gasteiger partial charge in [0.25, 0.3) is 0 Å². The Kier molecular flexibility index (Phi) is 3.56. The van der Waals surface area contributed by atoms with Crippen LogP contribution in [0.25, 0.3) is 10.9 Å². The van der Waals surface area contributed by atoms with Crippen molar-refractivity contribution >= 4 is 28.4 Å². The number of pyridine rings is 1. The monoisotopic (exact) mass is 269 g/mol. The molecule has 19 heavy (non-hydrogen) atoms. The van der Waals surface area contributed by atoms with Crippen LogP contribution in [0.3, 0.4) is 0 Å². The molecule has 2 aromatic rings. The van der Waals surface area contributed by atoms with E-state index >= 15 is 0 Å². The van der Waals surface area contributed by atoms with Crippen LogP contribution < -0.4 is 5.32 Å². The van der Waals surface area contributed by atoms with Crippen molar-refractivity contribution in [1.29, 1.82) is 5.26 Å². The zero-order chi connectivity index (χ0) is 13.1. The summed E-state index contributed by atoms with van der Waals surface area (Å²) in [4.78, 5) is 4.34. The third kappa shape index (κ3) is 2.52. The lowest BCUT2D eigenvalue weighted by Gasteiger charge is -2.24. The molecule has 0 aliphatic carbocycles. The van der Waals surface area contributed by atoms with Crippen LogP contribution >= 0.6 is 11.8 Å². The molecule has 2 heterocycles. The average molecular weight is 269 g/mol. The minimum Gasteiger partial charge on any atom is -0.380 e. The van der Waals surface area contributed by atoms with E-state index in [0.717, 1.165) is 22.3 Å². The van der Waals surface area contributed by atoms with E-state index in [1.54, 1.807) is 6.20 Å². The van der Waals surface area contributed by atoms with Crippen LogP contribution in [0.5, 0.6) is 0 Å². The maximum atomic E-state index is 9.27. The smallest absolute Gasteiger partial charge is 0.103 e. The summed E-state index contributed by atoms with van der Waals surface area (Å²) < 4.78 is 0. The van der Waals surface area contributed by atoms with Crippen molar-refractivity contribution in [3.63, 3.8) is 0 Å². The summed E-state index contributed by atoms with van der Waals surface area (Å²) in [6.07, 6.45) is 4.09. The first kappa shape index (κ1) is 12.3. The molecule has 0 amide bonds. The van der Waals surface area contributed by atoms with Crippen LogP contribution in [-0.4, -0.2) is 22.5 Å². The topological polar surface area (TPSA) is 48.7 Å². The van der Waals surface area contributed by atoms with Crippen molar-refractivity contribution in [2.45, 2.75) is 18.9 Å². The Balaban J connectivity index is 2.02. The lowest BCUT2D eigenvalue weighted by atomic mass is 10.1. The lowest BCUT2D eigenvalue weighted by Crippen LogP contribution is -2.26. The average Bonchev–Trinajstić information content (AvgIpc) is 2.49. The molecule has 1 saturated heterocycles. The van der Waals surface area contributed by atoms with Crippen molar-refractivity contribution in [3.8, 4) is 6.07 Å². The molecule has 0 saturated carbocycles. The normalized spacial score (nSPS) is 19.0. The van der Waals surface area contributed by atoms with Gasteiger partial charge in [-0.05, 0) is 24.7 Å². The fourth-order valence-corrected chi connectivity index (χ4v) is 3.51. The number of thioether (sulfide) groups is 1. The summed E-state index contributed by atoms with van der Waals surface area (Å²) in [6.45, 7) is 0. The number of nitrogens with one attached hydrogen (secondary N) is 1. The minimum atomic E-state index is 0.455. The van der Waals surface area contributed by atoms with Gasteiger partial charge in [-0.25, -0.2) is 0 Å². The van der Waals surface area contributed by atoms with Crippen molar-refractivity contribution in [2.24, 2.45) is 0 Å². The lowest BCUT2D eigenvalue weighted by molar-refractivity contribution is 0.685. The highest BCUT2D eigenvalue weighted by Gasteiger charge is 2.16. The van der Waals surface area contributed by atoms with Crippen molar-refractivity contribution in [2.75, 3.05) is 16.8 Å². The van der Waals surface area contributed by atoms with Crippen LogP contribution in [0.15, 0.2) is 30.5 Å². The van der Waals surface area contributed by atoms with Crippen molar-refractivity contribution < 1.29 is 0 Å². The molecule has 1 aromatic heterocycles. The van der Waals surface area contributed by atoms with Gasteiger partial charge in [0.1, 0.15) is 6.07 Å². The van der Waals surface area contributed by atoms with E-state index in [1.165, 1.54) is 18.6 Å². The highest BCUT2D eigenvalue weighted by molar-refractivity contribution is 7.99. The number of anilines is 1. The minimum absolute atomic E-state index is 0.455. The maximum absolute atomic E-state index is 9.27. The van der Waals surface area contributed by atoms with Gasteiger partial charge in [0.05, 0.1) is 16.8 Å². The molecule has 3 rings (SSSR count). The Bertz CT molecular complexity index is 627. The predicted octanol–water partition coefficient (Wildman–Crippen LogP) is 3.41. The molecule has 1 atom stereocenters. The fraction of sp³-hybridized carbons (Fsp3) is 0.333. The van der Waals surface area contributed by atoms with Crippen LogP contribution in [0.4, 0.5) is 5.69 Å². The van der Waals surface area contributed by atoms with Crippen LogP contribution in [-0.2, 0) is 0 Å². The summed E-state index contributed by atoms with van der Waals surface area (Å²) >= 11 is 1.98. The van der Waals surface area contributed by atoms with E-state index in [4.69, 9.17) is 0 Å². The maximum Gasteiger partial charge on any atom is 0.103 e. The standard InChI is InChI=1S/C15H15N3S/c16-8-11-9-17-14-6-2-1-5-13(14)15(11)18-12-4-3-7-19-10-12/h1-2,5-6,9,12H,3-4,7,10H2,(H,17,18). The molecule has 0 radical (unpaired) electrons. The van der Waals surface area contributed by atoms with E-state index < -0.39 is 0 Å². The van der Waals surface area contributed by atoms with E-state index in [9.17, 15) is 5.26 Å². The number of benzene rings is 1. The third-order valence-corrected chi connectivity index (χ3v) is 4.62. The number of para-hydroxylation sites is 1. The van der Waals surface area contributed by atoms with E-state index in [2.05, 4.69) is 16.4 Å². The number of nitriles is 1. The van der Waals surface area contributed by atoms with Crippen LogP contribution in [0.1, 0.15) is 18.4 Å². The first-order valence-corrected chi connectivity index (χ1v) is 7.66. The molecule has 96 valence electrons. The molecular weight excluding hydrogens is 254 g/mol. The van der Waals surface area contributed by atoms with Gasteiger partial charge in [0.2, 0.25) is 0 Å². The fourth-order valence-electron chi connectivity index (χ4n) is 2.44. The van der Waals surface area contributed by atoms with Gasteiger partial charge in [-0.15, -0.1) is 0 Å². The zero-order valence-corrected chi connectivity index (χ0v) is 11.4. The largest absolute Gasteiger partial charge is 0.380 e. The quantitative estimate of drug-likeness (QED) is 0.907. The Morgan fingerprint density at radius 2 is 2.26 bits per heavy atom. The van der Waals surface area contributed by atoms with Crippen LogP contribution in [0, 0.1) is 11.3 Å². The summed E-state index contributed by atoms with van der Waals surface area (Å²) in [6, 6.07) is 10.7. The van der Waals surface area contributed by atoms with E-state index in [1.807, 2.05) is 36.0 Å². The molecule has 1 unspecified atom stereocenters. The van der Waals surface area contributed by atoms with Crippen molar-refractivity contribution in [1.82, 2.24) is 4.98 Å². The van der Waals surface area contributed by atoms with E-state index in [-0.39, 0.29) is 0 Å². The number of hydrogen-bond donors (Lipinski definition) is 1. The molecule has 0 spiro atoms. The molecule has 1 N–H and O–H groups in total. The molecule has 0 bridgehead atoms.